The molecule has 5 aromatic carbocycles. The summed E-state index contributed by atoms with van der Waals surface area (Å²) in [4.78, 5) is 6.67. The second-order valence-electron chi connectivity index (χ2n) is 12.5. The standard InChI is InChI=1S/C40H13F11N4/c1-14-32(41)34(43)25(35(44)33(14)42)17-6-4-15-8-21-27(19(15)10-17)29(23(12-52)54-2)22-9-16-5-7-18(11-20(16)28(22)30(21)24(13-53)55-3)26-36(45)38(47)31(40(49,50)51)39(48)37(26)46/h4-7,10-11H,8-9H2,1H3/b29-23-,30-24+. The lowest BCUT2D eigenvalue weighted by atomic mass is 9.89. The molecule has 0 amide bonds. The van der Waals surface area contributed by atoms with E-state index in [4.69, 9.17) is 13.1 Å². The van der Waals surface area contributed by atoms with Gasteiger partial charge in [-0.05, 0) is 87.5 Å². The van der Waals surface area contributed by atoms with Crippen molar-refractivity contribution in [2.45, 2.75) is 25.9 Å². The van der Waals surface area contributed by atoms with E-state index in [1.54, 1.807) is 12.1 Å². The van der Waals surface area contributed by atoms with E-state index in [0.717, 1.165) is 25.1 Å². The average Bonchev–Trinajstić information content (AvgIpc) is 3.72. The molecule has 55 heavy (non-hydrogen) atoms. The molecule has 2 aliphatic carbocycles. The number of nitrogens with zero attached hydrogens (tertiary/aromatic N) is 4. The number of fused-ring (bicyclic) bond motifs is 6. The van der Waals surface area contributed by atoms with Gasteiger partial charge in [0.05, 0.1) is 36.4 Å². The number of hydrogen-bond donors (Lipinski definition) is 0. The Labute approximate surface area is 302 Å². The monoisotopic (exact) mass is 758 g/mol. The molecule has 2 aliphatic rings. The average molecular weight is 759 g/mol. The maximum atomic E-state index is 15.2. The second-order valence-corrected chi connectivity index (χ2v) is 12.5. The zero-order chi connectivity index (χ0) is 40.0. The molecule has 5 aromatic rings. The van der Waals surface area contributed by atoms with Crippen LogP contribution in [0.3, 0.4) is 0 Å². The first-order valence-electron chi connectivity index (χ1n) is 15.6. The van der Waals surface area contributed by atoms with E-state index in [1.165, 1.54) is 18.2 Å². The van der Waals surface area contributed by atoms with Gasteiger partial charge in [-0.3, -0.25) is 0 Å². The van der Waals surface area contributed by atoms with E-state index in [-0.39, 0.29) is 67.8 Å². The highest BCUT2D eigenvalue weighted by Gasteiger charge is 2.43. The molecule has 0 N–H and O–H groups in total. The lowest BCUT2D eigenvalue weighted by molar-refractivity contribution is -0.143. The second kappa shape index (κ2) is 12.6. The van der Waals surface area contributed by atoms with Gasteiger partial charge in [0.25, 0.3) is 11.4 Å². The summed E-state index contributed by atoms with van der Waals surface area (Å²) in [6.45, 7) is 16.5. The van der Waals surface area contributed by atoms with Crippen molar-refractivity contribution in [2.75, 3.05) is 0 Å². The van der Waals surface area contributed by atoms with Gasteiger partial charge in [0.2, 0.25) is 0 Å². The topological polar surface area (TPSA) is 56.3 Å². The molecule has 0 atom stereocenters. The first-order valence-corrected chi connectivity index (χ1v) is 15.6. The van der Waals surface area contributed by atoms with Crippen molar-refractivity contribution >= 4 is 11.4 Å². The predicted octanol–water partition coefficient (Wildman–Crippen LogP) is 9.71. The molecule has 7 rings (SSSR count). The van der Waals surface area contributed by atoms with Crippen LogP contribution in [0, 0.1) is 89.3 Å². The van der Waals surface area contributed by atoms with Crippen molar-refractivity contribution in [3.05, 3.63) is 150 Å². The van der Waals surface area contributed by atoms with Crippen LogP contribution in [0.1, 0.15) is 33.4 Å². The highest BCUT2D eigenvalue weighted by Crippen LogP contribution is 2.45. The fourth-order valence-electron chi connectivity index (χ4n) is 7.35. The van der Waals surface area contributed by atoms with E-state index < -0.39 is 91.9 Å². The molecule has 0 aliphatic heterocycles. The fourth-order valence-corrected chi connectivity index (χ4v) is 7.35. The van der Waals surface area contributed by atoms with E-state index in [1.807, 2.05) is 0 Å². The third-order valence-corrected chi connectivity index (χ3v) is 9.72. The van der Waals surface area contributed by atoms with Crippen molar-refractivity contribution in [1.29, 1.82) is 10.5 Å². The van der Waals surface area contributed by atoms with E-state index in [0.29, 0.717) is 5.56 Å². The Morgan fingerprint density at radius 1 is 0.582 bits per heavy atom. The Morgan fingerprint density at radius 2 is 0.945 bits per heavy atom. The minimum Gasteiger partial charge on any atom is -0.226 e. The zero-order valence-electron chi connectivity index (χ0n) is 27.3. The van der Waals surface area contributed by atoms with Crippen LogP contribution >= 0.6 is 0 Å². The van der Waals surface area contributed by atoms with Gasteiger partial charge in [-0.15, -0.1) is 0 Å². The van der Waals surface area contributed by atoms with Crippen LogP contribution < -0.4 is 10.4 Å². The molecular weight excluding hydrogens is 745 g/mol. The first kappa shape index (κ1) is 36.4. The largest absolute Gasteiger partial charge is 0.422 e. The number of rotatable bonds is 2. The Hall–Kier alpha value is -6.97. The third kappa shape index (κ3) is 5.08. The molecule has 15 heteroatoms. The SMILES string of the molecule is [C-]#[N+]/C(C#N)=c1/c2c(/c(=C(\C#N)[N+]#[C-])c3c1-c1cc(-c4c(F)c(F)c(C)c(F)c4F)ccc1C3)-c1cc(-c3c(F)c(F)c(C(F)(F)F)c(F)c3F)ccc1C2. The van der Waals surface area contributed by atoms with Gasteiger partial charge in [0, 0.05) is 16.0 Å². The summed E-state index contributed by atoms with van der Waals surface area (Å²) in [6.07, 6.45) is -6.16. The summed E-state index contributed by atoms with van der Waals surface area (Å²) in [5, 5.41) is 20.1. The Bertz CT molecular complexity index is 2860. The van der Waals surface area contributed by atoms with Gasteiger partial charge in [0.1, 0.15) is 5.56 Å². The number of benzene rings is 5. The Kier molecular flexibility index (Phi) is 8.32. The van der Waals surface area contributed by atoms with Crippen LogP contribution in [0.15, 0.2) is 36.4 Å². The van der Waals surface area contributed by atoms with Crippen molar-refractivity contribution in [3.63, 3.8) is 0 Å². The highest BCUT2D eigenvalue weighted by atomic mass is 19.4. The van der Waals surface area contributed by atoms with Gasteiger partial charge in [-0.25, -0.2) is 55.3 Å². The minimum absolute atomic E-state index is 0.0175. The summed E-state index contributed by atoms with van der Waals surface area (Å²) in [5.74, 6) is -16.8. The third-order valence-electron chi connectivity index (χ3n) is 9.72. The molecule has 0 bridgehead atoms. The van der Waals surface area contributed by atoms with Crippen LogP contribution in [0.5, 0.6) is 0 Å². The van der Waals surface area contributed by atoms with Gasteiger partial charge in [0.15, 0.2) is 46.5 Å². The summed E-state index contributed by atoms with van der Waals surface area (Å²) < 4.78 is 159. The number of alkyl halides is 3. The maximum Gasteiger partial charge on any atom is 0.422 e. The lowest BCUT2D eigenvalue weighted by Gasteiger charge is -2.16. The van der Waals surface area contributed by atoms with E-state index in [9.17, 15) is 41.3 Å². The maximum absolute atomic E-state index is 15.2. The smallest absolute Gasteiger partial charge is 0.226 e. The molecule has 0 spiro atoms. The molecule has 0 aromatic heterocycles. The minimum atomic E-state index is -5.80. The van der Waals surface area contributed by atoms with Crippen LogP contribution in [-0.2, 0) is 19.0 Å². The molecule has 0 radical (unpaired) electrons. The lowest BCUT2D eigenvalue weighted by Crippen LogP contribution is -2.25. The summed E-state index contributed by atoms with van der Waals surface area (Å²) >= 11 is 0. The van der Waals surface area contributed by atoms with Crippen LogP contribution in [0.25, 0.3) is 65.6 Å². The quantitative estimate of drug-likeness (QED) is 0.100. The van der Waals surface area contributed by atoms with Crippen molar-refractivity contribution < 1.29 is 48.3 Å². The van der Waals surface area contributed by atoms with Crippen molar-refractivity contribution in [3.8, 4) is 56.6 Å². The van der Waals surface area contributed by atoms with E-state index in [2.05, 4.69) is 9.69 Å². The van der Waals surface area contributed by atoms with Crippen molar-refractivity contribution in [2.24, 2.45) is 0 Å². The van der Waals surface area contributed by atoms with Crippen LogP contribution in [0.2, 0.25) is 0 Å². The number of nitriles is 2. The van der Waals surface area contributed by atoms with Crippen LogP contribution in [-0.4, -0.2) is 0 Å². The van der Waals surface area contributed by atoms with E-state index >= 15 is 17.6 Å². The fraction of sp³-hybridized carbons (Fsp3) is 0.100. The molecule has 0 heterocycles. The van der Waals surface area contributed by atoms with Gasteiger partial charge in [-0.2, -0.15) is 13.2 Å². The Morgan fingerprint density at radius 3 is 1.27 bits per heavy atom. The molecule has 0 saturated heterocycles. The van der Waals surface area contributed by atoms with Gasteiger partial charge < -0.3 is 0 Å². The van der Waals surface area contributed by atoms with Crippen LogP contribution in [0.4, 0.5) is 48.3 Å². The molecule has 4 nitrogen and oxygen atoms in total. The summed E-state index contributed by atoms with van der Waals surface area (Å²) in [7, 11) is 0. The number of halogens is 11. The summed E-state index contributed by atoms with van der Waals surface area (Å²) in [6, 6.07) is 10.3. The molecule has 0 fully saturated rings. The number of hydrogen-bond acceptors (Lipinski definition) is 2. The summed E-state index contributed by atoms with van der Waals surface area (Å²) in [5.41, 5.74) is -7.39. The van der Waals surface area contributed by atoms with Gasteiger partial charge in [-0.1, -0.05) is 24.3 Å². The molecule has 270 valence electrons. The molecular formula is C40H13F11N4. The van der Waals surface area contributed by atoms with Crippen molar-refractivity contribution in [1.82, 2.24) is 0 Å². The van der Waals surface area contributed by atoms with Gasteiger partial charge >= 0.3 is 6.18 Å². The molecule has 0 saturated carbocycles. The molecule has 0 unspecified atom stereocenters. The zero-order valence-corrected chi connectivity index (χ0v) is 27.3. The highest BCUT2D eigenvalue weighted by molar-refractivity contribution is 5.94. The normalized spacial score (nSPS) is 13.5. The first-order chi connectivity index (χ1) is 26.0. The predicted molar refractivity (Wildman–Crippen MR) is 174 cm³/mol. The Balaban J connectivity index is 1.59.